The molecule has 1 amide bonds. The lowest BCUT2D eigenvalue weighted by atomic mass is 10.2. The van der Waals surface area contributed by atoms with Gasteiger partial charge >= 0.3 is 6.09 Å². The highest BCUT2D eigenvalue weighted by atomic mass is 16.5. The highest BCUT2D eigenvalue weighted by Gasteiger charge is 2.10. The first-order valence-corrected chi connectivity index (χ1v) is 8.46. The zero-order chi connectivity index (χ0) is 16.7. The van der Waals surface area contributed by atoms with Gasteiger partial charge in [0, 0.05) is 19.5 Å². The monoisotopic (exact) mass is 317 g/mol. The lowest BCUT2D eigenvalue weighted by Crippen LogP contribution is -2.27. The molecule has 1 aromatic heterocycles. The van der Waals surface area contributed by atoms with E-state index in [1.165, 1.54) is 5.52 Å². The van der Waals surface area contributed by atoms with Crippen molar-refractivity contribution in [1.82, 2.24) is 14.9 Å². The standard InChI is InChI=1S/C18H27N3O2/c1-4-12-21-16-9-6-5-8-15(16)20-17(21)10-7-11-19-18(22)23-13-14(2)3/h5-6,8-9,14H,4,7,10-13H2,1-3H3,(H,19,22). The van der Waals surface area contributed by atoms with E-state index >= 15 is 0 Å². The van der Waals surface area contributed by atoms with Gasteiger partial charge in [-0.1, -0.05) is 32.9 Å². The summed E-state index contributed by atoms with van der Waals surface area (Å²) >= 11 is 0. The molecule has 5 heteroatoms. The Morgan fingerprint density at radius 2 is 2.13 bits per heavy atom. The van der Waals surface area contributed by atoms with Gasteiger partial charge in [0.15, 0.2) is 0 Å². The second-order valence-corrected chi connectivity index (χ2v) is 6.19. The summed E-state index contributed by atoms with van der Waals surface area (Å²) in [7, 11) is 0. The largest absolute Gasteiger partial charge is 0.449 e. The fourth-order valence-corrected chi connectivity index (χ4v) is 2.52. The third-order valence-corrected chi connectivity index (χ3v) is 3.58. The van der Waals surface area contributed by atoms with Crippen LogP contribution in [0.25, 0.3) is 11.0 Å². The van der Waals surface area contributed by atoms with Crippen LogP contribution in [0.5, 0.6) is 0 Å². The summed E-state index contributed by atoms with van der Waals surface area (Å²) in [6, 6.07) is 8.23. The van der Waals surface area contributed by atoms with Crippen molar-refractivity contribution in [1.29, 1.82) is 0 Å². The third-order valence-electron chi connectivity index (χ3n) is 3.58. The number of aromatic nitrogens is 2. The number of nitrogens with one attached hydrogen (secondary N) is 1. The zero-order valence-electron chi connectivity index (χ0n) is 14.3. The van der Waals surface area contributed by atoms with Crippen molar-refractivity contribution in [2.24, 2.45) is 5.92 Å². The van der Waals surface area contributed by atoms with Gasteiger partial charge in [0.1, 0.15) is 5.82 Å². The molecule has 0 unspecified atom stereocenters. The molecule has 23 heavy (non-hydrogen) atoms. The Kier molecular flexibility index (Phi) is 6.44. The molecule has 0 aliphatic heterocycles. The maximum absolute atomic E-state index is 11.5. The number of carbonyl (C=O) groups is 1. The van der Waals surface area contributed by atoms with Crippen LogP contribution in [0, 0.1) is 5.92 Å². The minimum Gasteiger partial charge on any atom is -0.449 e. The van der Waals surface area contributed by atoms with Crippen LogP contribution in [0.15, 0.2) is 24.3 Å². The second kappa shape index (κ2) is 8.56. The number of nitrogens with zero attached hydrogens (tertiary/aromatic N) is 2. The lowest BCUT2D eigenvalue weighted by Gasteiger charge is -2.09. The molecule has 0 radical (unpaired) electrons. The first-order valence-electron chi connectivity index (χ1n) is 8.46. The van der Waals surface area contributed by atoms with Crippen LogP contribution in [0.1, 0.15) is 39.4 Å². The lowest BCUT2D eigenvalue weighted by molar-refractivity contribution is 0.133. The molecule has 1 aromatic carbocycles. The summed E-state index contributed by atoms with van der Waals surface area (Å²) in [5.41, 5.74) is 2.23. The highest BCUT2D eigenvalue weighted by molar-refractivity contribution is 5.75. The first kappa shape index (κ1) is 17.3. The molecule has 0 aliphatic carbocycles. The number of hydrogen-bond acceptors (Lipinski definition) is 3. The first-order chi connectivity index (χ1) is 11.1. The fourth-order valence-electron chi connectivity index (χ4n) is 2.52. The summed E-state index contributed by atoms with van der Waals surface area (Å²) in [6.07, 6.45) is 2.44. The number of hydrogen-bond donors (Lipinski definition) is 1. The Morgan fingerprint density at radius 3 is 2.87 bits per heavy atom. The van der Waals surface area contributed by atoms with Crippen molar-refractivity contribution >= 4 is 17.1 Å². The van der Waals surface area contributed by atoms with E-state index in [-0.39, 0.29) is 6.09 Å². The maximum Gasteiger partial charge on any atom is 0.407 e. The Labute approximate surface area is 138 Å². The van der Waals surface area contributed by atoms with Gasteiger partial charge in [-0.3, -0.25) is 0 Å². The van der Waals surface area contributed by atoms with Crippen molar-refractivity contribution in [3.63, 3.8) is 0 Å². The van der Waals surface area contributed by atoms with Crippen LogP contribution in [-0.2, 0) is 17.7 Å². The van der Waals surface area contributed by atoms with Crippen molar-refractivity contribution in [2.45, 2.75) is 46.6 Å². The Balaban J connectivity index is 1.87. The fraction of sp³-hybridized carbons (Fsp3) is 0.556. The minimum atomic E-state index is -0.333. The molecular weight excluding hydrogens is 290 g/mol. The van der Waals surface area contributed by atoms with Gasteiger partial charge in [-0.25, -0.2) is 9.78 Å². The molecule has 0 bridgehead atoms. The number of aryl methyl sites for hydroxylation is 2. The smallest absolute Gasteiger partial charge is 0.407 e. The highest BCUT2D eigenvalue weighted by Crippen LogP contribution is 2.17. The quantitative estimate of drug-likeness (QED) is 0.754. The number of amides is 1. The molecule has 2 rings (SSSR count). The van der Waals surface area contributed by atoms with Gasteiger partial charge < -0.3 is 14.6 Å². The van der Waals surface area contributed by atoms with Crippen molar-refractivity contribution in [3.05, 3.63) is 30.1 Å². The zero-order valence-corrected chi connectivity index (χ0v) is 14.3. The third kappa shape index (κ3) is 4.98. The number of imidazole rings is 1. The molecule has 0 saturated carbocycles. The maximum atomic E-state index is 11.5. The van der Waals surface area contributed by atoms with Crippen LogP contribution in [0.4, 0.5) is 4.79 Å². The van der Waals surface area contributed by atoms with Crippen LogP contribution >= 0.6 is 0 Å². The number of ether oxygens (including phenoxy) is 1. The SMILES string of the molecule is CCCn1c(CCCNC(=O)OCC(C)C)nc2ccccc21. The van der Waals surface area contributed by atoms with Gasteiger partial charge in [-0.2, -0.15) is 0 Å². The molecule has 1 N–H and O–H groups in total. The number of para-hydroxylation sites is 2. The van der Waals surface area contributed by atoms with E-state index in [0.29, 0.717) is 19.1 Å². The molecule has 0 fully saturated rings. The number of alkyl carbamates (subject to hydrolysis) is 1. The Hall–Kier alpha value is -2.04. The van der Waals surface area contributed by atoms with Crippen molar-refractivity contribution < 1.29 is 9.53 Å². The van der Waals surface area contributed by atoms with Gasteiger partial charge in [0.05, 0.1) is 17.6 Å². The molecule has 5 nitrogen and oxygen atoms in total. The van der Waals surface area contributed by atoms with Gasteiger partial charge in [-0.05, 0) is 30.9 Å². The Bertz CT molecular complexity index is 634. The van der Waals surface area contributed by atoms with Crippen molar-refractivity contribution in [3.8, 4) is 0 Å². The summed E-state index contributed by atoms with van der Waals surface area (Å²) in [5, 5.41) is 2.80. The summed E-state index contributed by atoms with van der Waals surface area (Å²) in [5.74, 6) is 1.44. The molecule has 126 valence electrons. The number of carbonyl (C=O) groups excluding carboxylic acids is 1. The molecule has 0 atom stereocenters. The van der Waals surface area contributed by atoms with Crippen molar-refractivity contribution in [2.75, 3.05) is 13.2 Å². The summed E-state index contributed by atoms with van der Waals surface area (Å²) in [4.78, 5) is 16.2. The Morgan fingerprint density at radius 1 is 1.35 bits per heavy atom. The molecule has 0 spiro atoms. The predicted molar refractivity (Wildman–Crippen MR) is 92.5 cm³/mol. The van der Waals surface area contributed by atoms with E-state index < -0.39 is 0 Å². The van der Waals surface area contributed by atoms with Crippen LogP contribution < -0.4 is 5.32 Å². The normalized spacial score (nSPS) is 11.1. The summed E-state index contributed by atoms with van der Waals surface area (Å²) < 4.78 is 7.38. The number of benzene rings is 1. The van der Waals surface area contributed by atoms with E-state index in [0.717, 1.165) is 37.1 Å². The minimum absolute atomic E-state index is 0.333. The van der Waals surface area contributed by atoms with E-state index in [1.807, 2.05) is 32.0 Å². The molecule has 0 aliphatic rings. The molecular formula is C18H27N3O2. The predicted octanol–water partition coefficient (Wildman–Crippen LogP) is 3.76. The van der Waals surface area contributed by atoms with E-state index in [4.69, 9.17) is 9.72 Å². The summed E-state index contributed by atoms with van der Waals surface area (Å²) in [6.45, 7) is 8.24. The average Bonchev–Trinajstić information content (AvgIpc) is 2.88. The molecule has 1 heterocycles. The van der Waals surface area contributed by atoms with E-state index in [1.54, 1.807) is 0 Å². The van der Waals surface area contributed by atoms with Crippen LogP contribution in [-0.4, -0.2) is 28.8 Å². The molecule has 2 aromatic rings. The van der Waals surface area contributed by atoms with Gasteiger partial charge in [-0.15, -0.1) is 0 Å². The van der Waals surface area contributed by atoms with Gasteiger partial charge in [0.25, 0.3) is 0 Å². The van der Waals surface area contributed by atoms with Gasteiger partial charge in [0.2, 0.25) is 0 Å². The molecule has 0 saturated heterocycles. The number of fused-ring (bicyclic) bond motifs is 1. The topological polar surface area (TPSA) is 56.2 Å². The average molecular weight is 317 g/mol. The second-order valence-electron chi connectivity index (χ2n) is 6.19. The van der Waals surface area contributed by atoms with Crippen LogP contribution in [0.3, 0.4) is 0 Å². The number of rotatable bonds is 8. The van der Waals surface area contributed by atoms with E-state index in [2.05, 4.69) is 22.9 Å². The van der Waals surface area contributed by atoms with Crippen LogP contribution in [0.2, 0.25) is 0 Å². The van der Waals surface area contributed by atoms with E-state index in [9.17, 15) is 4.79 Å².